The minimum absolute atomic E-state index is 0.345. The van der Waals surface area contributed by atoms with Crippen LogP contribution in [-0.4, -0.2) is 43.9 Å². The van der Waals surface area contributed by atoms with Gasteiger partial charge in [-0.15, -0.1) is 0 Å². The average molecular weight is 291 g/mol. The van der Waals surface area contributed by atoms with E-state index in [0.717, 1.165) is 0 Å². The first kappa shape index (κ1) is 13.5. The van der Waals surface area contributed by atoms with Crippen molar-refractivity contribution in [3.63, 3.8) is 0 Å². The zero-order chi connectivity index (χ0) is 13.2. The number of hydrogen-bond acceptors (Lipinski definition) is 4. The molecule has 1 aliphatic rings. The van der Waals surface area contributed by atoms with Crippen LogP contribution in [0, 0.1) is 6.92 Å². The number of halogens is 1. The van der Waals surface area contributed by atoms with E-state index in [2.05, 4.69) is 15.0 Å². The Bertz CT molecular complexity index is 529. The topological polar surface area (TPSA) is 74.3 Å². The van der Waals surface area contributed by atoms with Gasteiger partial charge in [-0.1, -0.05) is 11.6 Å². The second-order valence-corrected chi connectivity index (χ2v) is 6.08. The summed E-state index contributed by atoms with van der Waals surface area (Å²) in [6.07, 6.45) is 0. The van der Waals surface area contributed by atoms with Crippen LogP contribution in [-0.2, 0) is 10.2 Å². The van der Waals surface area contributed by atoms with Crippen molar-refractivity contribution in [3.8, 4) is 0 Å². The molecule has 2 N–H and O–H groups in total. The number of rotatable bonds is 3. The van der Waals surface area contributed by atoms with E-state index in [1.54, 1.807) is 19.1 Å². The standard InChI is InChI=1S/C10H15ClN4O2S/c1-8-9(2-3-10(11)13-8)14-18(16,17)15-6-4-12-5-7-15/h2-3,12,14H,4-7H2,1H3. The van der Waals surface area contributed by atoms with Crippen LogP contribution in [0.1, 0.15) is 5.69 Å². The maximum absolute atomic E-state index is 12.1. The van der Waals surface area contributed by atoms with Gasteiger partial charge in [-0.3, -0.25) is 4.72 Å². The zero-order valence-corrected chi connectivity index (χ0v) is 11.6. The fourth-order valence-electron chi connectivity index (χ4n) is 1.73. The van der Waals surface area contributed by atoms with Crippen LogP contribution in [0.3, 0.4) is 0 Å². The SMILES string of the molecule is Cc1nc(Cl)ccc1NS(=O)(=O)N1CCNCC1. The van der Waals surface area contributed by atoms with Gasteiger partial charge in [-0.2, -0.15) is 12.7 Å². The number of nitrogens with one attached hydrogen (secondary N) is 2. The van der Waals surface area contributed by atoms with E-state index in [0.29, 0.717) is 42.7 Å². The Morgan fingerprint density at radius 2 is 2.06 bits per heavy atom. The van der Waals surface area contributed by atoms with Gasteiger partial charge in [0, 0.05) is 26.2 Å². The highest BCUT2D eigenvalue weighted by molar-refractivity contribution is 7.90. The largest absolute Gasteiger partial charge is 0.314 e. The van der Waals surface area contributed by atoms with Crippen LogP contribution in [0.5, 0.6) is 0 Å². The van der Waals surface area contributed by atoms with Gasteiger partial charge in [0.1, 0.15) is 5.15 Å². The van der Waals surface area contributed by atoms with Crippen molar-refractivity contribution < 1.29 is 8.42 Å². The highest BCUT2D eigenvalue weighted by Crippen LogP contribution is 2.18. The summed E-state index contributed by atoms with van der Waals surface area (Å²) in [5.74, 6) is 0. The number of anilines is 1. The zero-order valence-electron chi connectivity index (χ0n) is 9.98. The molecule has 18 heavy (non-hydrogen) atoms. The van der Waals surface area contributed by atoms with Crippen molar-refractivity contribution in [3.05, 3.63) is 23.0 Å². The molecule has 2 rings (SSSR count). The van der Waals surface area contributed by atoms with Crippen molar-refractivity contribution in [1.29, 1.82) is 0 Å². The Kier molecular flexibility index (Phi) is 4.06. The Balaban J connectivity index is 2.16. The molecule has 6 nitrogen and oxygen atoms in total. The molecule has 0 aromatic carbocycles. The van der Waals surface area contributed by atoms with Gasteiger partial charge in [0.15, 0.2) is 0 Å². The molecule has 1 saturated heterocycles. The maximum atomic E-state index is 12.1. The third-order valence-corrected chi connectivity index (χ3v) is 4.44. The number of hydrogen-bond donors (Lipinski definition) is 2. The van der Waals surface area contributed by atoms with Crippen molar-refractivity contribution in [2.45, 2.75) is 6.92 Å². The molecule has 1 aromatic heterocycles. The van der Waals surface area contributed by atoms with Crippen molar-refractivity contribution in [2.75, 3.05) is 30.9 Å². The second-order valence-electron chi connectivity index (χ2n) is 4.02. The first-order valence-electron chi connectivity index (χ1n) is 5.61. The molecule has 1 fully saturated rings. The predicted molar refractivity (Wildman–Crippen MR) is 71.0 cm³/mol. The molecule has 0 atom stereocenters. The van der Waals surface area contributed by atoms with Gasteiger partial charge < -0.3 is 5.32 Å². The van der Waals surface area contributed by atoms with Gasteiger partial charge in [0.05, 0.1) is 11.4 Å². The third-order valence-electron chi connectivity index (χ3n) is 2.71. The Hall–Kier alpha value is -0.890. The lowest BCUT2D eigenvalue weighted by atomic mass is 10.3. The number of pyridine rings is 1. The maximum Gasteiger partial charge on any atom is 0.301 e. The van der Waals surface area contributed by atoms with E-state index < -0.39 is 10.2 Å². The molecule has 2 heterocycles. The monoisotopic (exact) mass is 290 g/mol. The summed E-state index contributed by atoms with van der Waals surface area (Å²) >= 11 is 5.73. The van der Waals surface area contributed by atoms with Crippen LogP contribution in [0.15, 0.2) is 12.1 Å². The van der Waals surface area contributed by atoms with E-state index in [1.807, 2.05) is 0 Å². The third kappa shape index (κ3) is 3.11. The molecular formula is C10H15ClN4O2S. The van der Waals surface area contributed by atoms with Crippen molar-refractivity contribution in [2.24, 2.45) is 0 Å². The van der Waals surface area contributed by atoms with Crippen LogP contribution >= 0.6 is 11.6 Å². The van der Waals surface area contributed by atoms with Crippen molar-refractivity contribution >= 4 is 27.5 Å². The van der Waals surface area contributed by atoms with E-state index >= 15 is 0 Å². The molecule has 1 aromatic rings. The minimum Gasteiger partial charge on any atom is -0.314 e. The highest BCUT2D eigenvalue weighted by atomic mass is 35.5. The fourth-order valence-corrected chi connectivity index (χ4v) is 3.20. The molecule has 0 bridgehead atoms. The van der Waals surface area contributed by atoms with Gasteiger partial charge in [0.2, 0.25) is 0 Å². The molecule has 100 valence electrons. The van der Waals surface area contributed by atoms with Crippen LogP contribution in [0.25, 0.3) is 0 Å². The van der Waals surface area contributed by atoms with E-state index in [9.17, 15) is 8.42 Å². The number of piperazine rings is 1. The van der Waals surface area contributed by atoms with Crippen LogP contribution in [0.2, 0.25) is 5.15 Å². The summed E-state index contributed by atoms with van der Waals surface area (Å²) in [5.41, 5.74) is 1.01. The first-order valence-corrected chi connectivity index (χ1v) is 7.42. The molecule has 0 radical (unpaired) electrons. The highest BCUT2D eigenvalue weighted by Gasteiger charge is 2.24. The summed E-state index contributed by atoms with van der Waals surface area (Å²) in [7, 11) is -3.51. The van der Waals surface area contributed by atoms with Crippen LogP contribution in [0.4, 0.5) is 5.69 Å². The molecule has 1 aliphatic heterocycles. The van der Waals surface area contributed by atoms with Gasteiger partial charge in [0.25, 0.3) is 0 Å². The number of aryl methyl sites for hydroxylation is 1. The Labute approximate surface area is 112 Å². The molecule has 0 amide bonds. The van der Waals surface area contributed by atoms with Crippen molar-refractivity contribution in [1.82, 2.24) is 14.6 Å². The quantitative estimate of drug-likeness (QED) is 0.800. The second kappa shape index (κ2) is 5.40. The summed E-state index contributed by atoms with van der Waals surface area (Å²) in [6, 6.07) is 3.18. The number of nitrogens with zero attached hydrogens (tertiary/aromatic N) is 2. The van der Waals surface area contributed by atoms with E-state index in [1.165, 1.54) is 4.31 Å². The minimum atomic E-state index is -3.51. The van der Waals surface area contributed by atoms with Gasteiger partial charge in [-0.05, 0) is 19.1 Å². The lowest BCUT2D eigenvalue weighted by Crippen LogP contribution is -2.48. The van der Waals surface area contributed by atoms with E-state index in [-0.39, 0.29) is 0 Å². The van der Waals surface area contributed by atoms with Gasteiger partial charge >= 0.3 is 10.2 Å². The summed E-state index contributed by atoms with van der Waals surface area (Å²) in [6.45, 7) is 3.98. The average Bonchev–Trinajstić information content (AvgIpc) is 2.34. The lowest BCUT2D eigenvalue weighted by Gasteiger charge is -2.27. The smallest absolute Gasteiger partial charge is 0.301 e. The molecular weight excluding hydrogens is 276 g/mol. The predicted octanol–water partition coefficient (Wildman–Crippen LogP) is 0.605. The molecule has 0 saturated carbocycles. The summed E-state index contributed by atoms with van der Waals surface area (Å²) in [4.78, 5) is 4.01. The summed E-state index contributed by atoms with van der Waals surface area (Å²) in [5, 5.41) is 3.45. The van der Waals surface area contributed by atoms with Crippen LogP contribution < -0.4 is 10.0 Å². The normalized spacial score (nSPS) is 17.7. The summed E-state index contributed by atoms with van der Waals surface area (Å²) < 4.78 is 28.2. The van der Waals surface area contributed by atoms with E-state index in [4.69, 9.17) is 11.6 Å². The lowest BCUT2D eigenvalue weighted by molar-refractivity contribution is 0.362. The Morgan fingerprint density at radius 1 is 1.39 bits per heavy atom. The molecule has 8 heteroatoms. The molecule has 0 aliphatic carbocycles. The van der Waals surface area contributed by atoms with Gasteiger partial charge in [-0.25, -0.2) is 4.98 Å². The number of aromatic nitrogens is 1. The molecule has 0 spiro atoms. The Morgan fingerprint density at radius 3 is 2.67 bits per heavy atom. The molecule has 0 unspecified atom stereocenters. The first-order chi connectivity index (χ1) is 8.49. The fraction of sp³-hybridized carbons (Fsp3) is 0.500.